The molecule has 6 nitrogen and oxygen atoms in total. The maximum absolute atomic E-state index is 13.8. The average Bonchev–Trinajstić information content (AvgIpc) is 2.94. The predicted octanol–water partition coefficient (Wildman–Crippen LogP) is 4.85. The van der Waals surface area contributed by atoms with Crippen molar-refractivity contribution in [1.82, 2.24) is 14.9 Å². The number of hydrogen-bond acceptors (Lipinski definition) is 4. The summed E-state index contributed by atoms with van der Waals surface area (Å²) in [6, 6.07) is 24.4. The summed E-state index contributed by atoms with van der Waals surface area (Å²) >= 11 is 0. The molecule has 0 unspecified atom stereocenters. The molecule has 1 aliphatic rings. The SMILES string of the molecule is CCc1ccc(CNC(=O)[C@@H]2CCCN(c3nc4ccccc4n(Cc4ccc(C)cc4)c3=O)C2)cc1. The normalized spacial score (nSPS) is 15.6. The van der Waals surface area contributed by atoms with Gasteiger partial charge in [-0.05, 0) is 55.0 Å². The Morgan fingerprint density at radius 3 is 2.43 bits per heavy atom. The summed E-state index contributed by atoms with van der Waals surface area (Å²) in [4.78, 5) is 33.6. The lowest BCUT2D eigenvalue weighted by Gasteiger charge is -2.33. The molecule has 2 heterocycles. The van der Waals surface area contributed by atoms with Gasteiger partial charge in [-0.15, -0.1) is 0 Å². The Morgan fingerprint density at radius 1 is 0.973 bits per heavy atom. The van der Waals surface area contributed by atoms with Gasteiger partial charge in [0.2, 0.25) is 5.91 Å². The molecule has 1 saturated heterocycles. The zero-order chi connectivity index (χ0) is 25.8. The van der Waals surface area contributed by atoms with Gasteiger partial charge in [0.15, 0.2) is 5.82 Å². The molecule has 1 N–H and O–H groups in total. The van der Waals surface area contributed by atoms with E-state index in [1.807, 2.05) is 33.7 Å². The van der Waals surface area contributed by atoms with Crippen LogP contribution in [-0.2, 0) is 24.3 Å². The lowest BCUT2D eigenvalue weighted by molar-refractivity contribution is -0.125. The first kappa shape index (κ1) is 24.8. The van der Waals surface area contributed by atoms with E-state index in [0.29, 0.717) is 32.0 Å². The molecule has 0 aliphatic carbocycles. The molecule has 6 heteroatoms. The van der Waals surface area contributed by atoms with E-state index < -0.39 is 0 Å². The van der Waals surface area contributed by atoms with Gasteiger partial charge in [0.05, 0.1) is 23.5 Å². The molecule has 1 fully saturated rings. The van der Waals surface area contributed by atoms with Crippen molar-refractivity contribution in [3.63, 3.8) is 0 Å². The number of aromatic nitrogens is 2. The number of rotatable bonds is 7. The van der Waals surface area contributed by atoms with E-state index in [0.717, 1.165) is 41.4 Å². The van der Waals surface area contributed by atoms with E-state index in [4.69, 9.17) is 4.98 Å². The molecule has 0 bridgehead atoms. The van der Waals surface area contributed by atoms with Crippen LogP contribution < -0.4 is 15.8 Å². The monoisotopic (exact) mass is 494 g/mol. The molecule has 3 aromatic carbocycles. The molecule has 190 valence electrons. The lowest BCUT2D eigenvalue weighted by Crippen LogP contribution is -2.45. The van der Waals surface area contributed by atoms with Gasteiger partial charge in [0.25, 0.3) is 5.56 Å². The van der Waals surface area contributed by atoms with Crippen LogP contribution in [0.15, 0.2) is 77.6 Å². The Kier molecular flexibility index (Phi) is 7.35. The molecule has 0 spiro atoms. The summed E-state index contributed by atoms with van der Waals surface area (Å²) in [6.45, 7) is 6.38. The van der Waals surface area contributed by atoms with Crippen molar-refractivity contribution in [2.24, 2.45) is 5.92 Å². The van der Waals surface area contributed by atoms with Crippen LogP contribution in [0.5, 0.6) is 0 Å². The van der Waals surface area contributed by atoms with E-state index in [-0.39, 0.29) is 17.4 Å². The van der Waals surface area contributed by atoms with Crippen molar-refractivity contribution in [2.45, 2.75) is 46.2 Å². The van der Waals surface area contributed by atoms with E-state index >= 15 is 0 Å². The second kappa shape index (κ2) is 11.0. The second-order valence-electron chi connectivity index (χ2n) is 9.97. The van der Waals surface area contributed by atoms with Gasteiger partial charge >= 0.3 is 0 Å². The van der Waals surface area contributed by atoms with E-state index in [2.05, 4.69) is 67.7 Å². The summed E-state index contributed by atoms with van der Waals surface area (Å²) in [5.74, 6) is 0.283. The van der Waals surface area contributed by atoms with Gasteiger partial charge < -0.3 is 10.2 Å². The number of anilines is 1. The fourth-order valence-electron chi connectivity index (χ4n) is 5.03. The largest absolute Gasteiger partial charge is 0.352 e. The highest BCUT2D eigenvalue weighted by Crippen LogP contribution is 2.22. The van der Waals surface area contributed by atoms with Gasteiger partial charge in [-0.1, -0.05) is 73.2 Å². The fourth-order valence-corrected chi connectivity index (χ4v) is 5.03. The lowest BCUT2D eigenvalue weighted by atomic mass is 9.97. The molecule has 4 aromatic rings. The molecule has 1 aliphatic heterocycles. The molecule has 5 rings (SSSR count). The van der Waals surface area contributed by atoms with Gasteiger partial charge in [0, 0.05) is 19.6 Å². The number of carbonyl (C=O) groups excluding carboxylic acids is 1. The number of benzene rings is 3. The Labute approximate surface area is 218 Å². The van der Waals surface area contributed by atoms with Crippen molar-refractivity contribution < 1.29 is 4.79 Å². The summed E-state index contributed by atoms with van der Waals surface area (Å²) < 4.78 is 1.81. The van der Waals surface area contributed by atoms with E-state index in [1.165, 1.54) is 11.1 Å². The van der Waals surface area contributed by atoms with Crippen LogP contribution in [-0.4, -0.2) is 28.5 Å². The average molecular weight is 495 g/mol. The Hall–Kier alpha value is -3.93. The standard InChI is InChI=1S/C31H34N4O2/c1-3-23-14-16-24(17-15-23)19-32-30(36)26-7-6-18-34(21-26)29-31(37)35(20-25-12-10-22(2)11-13-25)28-9-5-4-8-27(28)33-29/h4-5,8-17,26H,3,6-7,18-21H2,1-2H3,(H,32,36)/t26-/m1/s1. The van der Waals surface area contributed by atoms with E-state index in [9.17, 15) is 9.59 Å². The molecule has 1 atom stereocenters. The van der Waals surface area contributed by atoms with Crippen molar-refractivity contribution >= 4 is 22.8 Å². The molecular formula is C31H34N4O2. The maximum atomic E-state index is 13.8. The van der Waals surface area contributed by atoms with Gasteiger partial charge in [-0.3, -0.25) is 14.2 Å². The molecule has 1 amide bonds. The van der Waals surface area contributed by atoms with Crippen LogP contribution in [0.2, 0.25) is 0 Å². The predicted molar refractivity (Wildman–Crippen MR) is 149 cm³/mol. The molecule has 0 saturated carbocycles. The van der Waals surface area contributed by atoms with Crippen molar-refractivity contribution in [1.29, 1.82) is 0 Å². The number of aryl methyl sites for hydroxylation is 2. The minimum atomic E-state index is -0.179. The Balaban J connectivity index is 1.36. The quantitative estimate of drug-likeness (QED) is 0.399. The number of para-hydroxylation sites is 2. The smallest absolute Gasteiger partial charge is 0.294 e. The van der Waals surface area contributed by atoms with Gasteiger partial charge in [-0.2, -0.15) is 0 Å². The van der Waals surface area contributed by atoms with Crippen LogP contribution in [0, 0.1) is 12.8 Å². The molecule has 0 radical (unpaired) electrons. The fraction of sp³-hybridized carbons (Fsp3) is 0.323. The highest BCUT2D eigenvalue weighted by Gasteiger charge is 2.28. The zero-order valence-corrected chi connectivity index (χ0v) is 21.6. The number of hydrogen-bond donors (Lipinski definition) is 1. The first-order chi connectivity index (χ1) is 18.0. The third-order valence-corrected chi connectivity index (χ3v) is 7.29. The van der Waals surface area contributed by atoms with Gasteiger partial charge in [0.1, 0.15) is 0 Å². The summed E-state index contributed by atoms with van der Waals surface area (Å²) in [5, 5.41) is 3.10. The van der Waals surface area contributed by atoms with Crippen LogP contribution in [0.1, 0.15) is 42.0 Å². The Bertz CT molecular complexity index is 1440. The molecular weight excluding hydrogens is 460 g/mol. The first-order valence-electron chi connectivity index (χ1n) is 13.2. The second-order valence-corrected chi connectivity index (χ2v) is 9.97. The van der Waals surface area contributed by atoms with Crippen LogP contribution in [0.3, 0.4) is 0 Å². The minimum absolute atomic E-state index is 0.0324. The Morgan fingerprint density at radius 2 is 1.68 bits per heavy atom. The minimum Gasteiger partial charge on any atom is -0.352 e. The summed E-state index contributed by atoms with van der Waals surface area (Å²) in [5.41, 5.74) is 6.12. The maximum Gasteiger partial charge on any atom is 0.294 e. The molecule has 1 aromatic heterocycles. The highest BCUT2D eigenvalue weighted by atomic mass is 16.2. The zero-order valence-electron chi connectivity index (χ0n) is 21.6. The van der Waals surface area contributed by atoms with Gasteiger partial charge in [-0.25, -0.2) is 4.98 Å². The number of carbonyl (C=O) groups is 1. The third-order valence-electron chi connectivity index (χ3n) is 7.29. The summed E-state index contributed by atoms with van der Waals surface area (Å²) in [7, 11) is 0. The molecule has 37 heavy (non-hydrogen) atoms. The number of amides is 1. The number of nitrogens with one attached hydrogen (secondary N) is 1. The topological polar surface area (TPSA) is 67.2 Å². The van der Waals surface area contributed by atoms with Crippen LogP contribution >= 0.6 is 0 Å². The summed E-state index contributed by atoms with van der Waals surface area (Å²) in [6.07, 6.45) is 2.65. The van der Waals surface area contributed by atoms with Crippen molar-refractivity contribution in [3.8, 4) is 0 Å². The van der Waals surface area contributed by atoms with E-state index in [1.54, 1.807) is 0 Å². The number of nitrogens with zero attached hydrogens (tertiary/aromatic N) is 3. The third kappa shape index (κ3) is 5.58. The van der Waals surface area contributed by atoms with Crippen LogP contribution in [0.4, 0.5) is 5.82 Å². The first-order valence-corrected chi connectivity index (χ1v) is 13.2. The highest BCUT2D eigenvalue weighted by molar-refractivity contribution is 5.80. The van der Waals surface area contributed by atoms with Crippen LogP contribution in [0.25, 0.3) is 11.0 Å². The van der Waals surface area contributed by atoms with Crippen molar-refractivity contribution in [2.75, 3.05) is 18.0 Å². The number of piperidine rings is 1. The van der Waals surface area contributed by atoms with Crippen molar-refractivity contribution in [3.05, 3.63) is 105 Å². The number of fused-ring (bicyclic) bond motifs is 1.